The number of esters is 1. The number of sulfonamides is 1. The van der Waals surface area contributed by atoms with E-state index in [9.17, 15) is 18.0 Å². The van der Waals surface area contributed by atoms with E-state index in [0.717, 1.165) is 0 Å². The molecule has 7 nitrogen and oxygen atoms in total. The highest BCUT2D eigenvalue weighted by Gasteiger charge is 2.34. The first kappa shape index (κ1) is 22.6. The molecule has 1 heterocycles. The molecule has 0 unspecified atom stereocenters. The molecule has 30 heavy (non-hydrogen) atoms. The summed E-state index contributed by atoms with van der Waals surface area (Å²) in [5.41, 5.74) is 0.870. The van der Waals surface area contributed by atoms with Gasteiger partial charge in [-0.25, -0.2) is 13.2 Å². The van der Waals surface area contributed by atoms with E-state index in [4.69, 9.17) is 23.2 Å². The minimum absolute atomic E-state index is 0.0389. The Morgan fingerprint density at radius 1 is 1.13 bits per heavy atom. The molecule has 1 N–H and O–H groups in total. The molecule has 1 amide bonds. The van der Waals surface area contributed by atoms with Gasteiger partial charge in [0.25, 0.3) is 0 Å². The van der Waals surface area contributed by atoms with Gasteiger partial charge in [0.2, 0.25) is 15.9 Å². The van der Waals surface area contributed by atoms with Gasteiger partial charge in [-0.3, -0.25) is 4.79 Å². The van der Waals surface area contributed by atoms with Gasteiger partial charge in [0, 0.05) is 23.8 Å². The predicted molar refractivity (Wildman–Crippen MR) is 114 cm³/mol. The van der Waals surface area contributed by atoms with Gasteiger partial charge >= 0.3 is 5.97 Å². The number of carbonyl (C=O) groups is 2. The zero-order valence-electron chi connectivity index (χ0n) is 16.1. The van der Waals surface area contributed by atoms with E-state index in [2.05, 4.69) is 10.1 Å². The van der Waals surface area contributed by atoms with Crippen LogP contribution in [0, 0.1) is 5.92 Å². The fourth-order valence-electron chi connectivity index (χ4n) is 3.24. The summed E-state index contributed by atoms with van der Waals surface area (Å²) in [6, 6.07) is 10.5. The molecule has 0 aromatic heterocycles. The standard InChI is InChI=1S/C20H20Cl2N2O5S/c1-29-20(26)13-4-7-16(8-5-13)23-19(25)14-3-2-10-24(12-14)30(27,28)18-11-15(21)6-9-17(18)22/h4-9,11,14H,2-3,10,12H2,1H3,(H,23,25)/t14-/m1/s1. The van der Waals surface area contributed by atoms with Crippen LogP contribution in [0.3, 0.4) is 0 Å². The smallest absolute Gasteiger partial charge is 0.337 e. The van der Waals surface area contributed by atoms with E-state index in [-0.39, 0.29) is 27.4 Å². The first-order valence-corrected chi connectivity index (χ1v) is 11.4. The molecule has 160 valence electrons. The second-order valence-corrected chi connectivity index (χ2v) is 9.59. The van der Waals surface area contributed by atoms with Gasteiger partial charge in [0.05, 0.1) is 23.6 Å². The number of amides is 1. The molecular weight excluding hydrogens is 451 g/mol. The van der Waals surface area contributed by atoms with Crippen LogP contribution in [0.5, 0.6) is 0 Å². The second-order valence-electron chi connectivity index (χ2n) is 6.84. The van der Waals surface area contributed by atoms with Crippen molar-refractivity contribution in [3.05, 3.63) is 58.1 Å². The third-order valence-corrected chi connectivity index (χ3v) is 7.42. The summed E-state index contributed by atoms with van der Waals surface area (Å²) in [5, 5.41) is 3.11. The first-order valence-electron chi connectivity index (χ1n) is 9.17. The number of nitrogens with one attached hydrogen (secondary N) is 1. The summed E-state index contributed by atoms with van der Waals surface area (Å²) in [6.45, 7) is 0.333. The van der Waals surface area contributed by atoms with Gasteiger partial charge in [-0.1, -0.05) is 23.2 Å². The SMILES string of the molecule is COC(=O)c1ccc(NC(=O)[C@@H]2CCCN(S(=O)(=O)c3cc(Cl)ccc3Cl)C2)cc1. The van der Waals surface area contributed by atoms with Crippen molar-refractivity contribution >= 4 is 50.8 Å². The molecule has 2 aromatic carbocycles. The maximum absolute atomic E-state index is 13.0. The number of halogens is 2. The fraction of sp³-hybridized carbons (Fsp3) is 0.300. The van der Waals surface area contributed by atoms with Crippen molar-refractivity contribution in [2.75, 3.05) is 25.5 Å². The summed E-state index contributed by atoms with van der Waals surface area (Å²) in [5.74, 6) is -1.29. The Morgan fingerprint density at radius 3 is 2.50 bits per heavy atom. The lowest BCUT2D eigenvalue weighted by Gasteiger charge is -2.31. The van der Waals surface area contributed by atoms with Crippen LogP contribution >= 0.6 is 23.2 Å². The molecule has 2 aromatic rings. The van der Waals surface area contributed by atoms with E-state index in [1.807, 2.05) is 0 Å². The quantitative estimate of drug-likeness (QED) is 0.670. The van der Waals surface area contributed by atoms with Crippen LogP contribution < -0.4 is 5.32 Å². The number of hydrogen-bond acceptors (Lipinski definition) is 5. The number of carbonyl (C=O) groups excluding carboxylic acids is 2. The highest BCUT2D eigenvalue weighted by atomic mass is 35.5. The van der Waals surface area contributed by atoms with Gasteiger partial charge < -0.3 is 10.1 Å². The third-order valence-electron chi connectivity index (χ3n) is 4.84. The Morgan fingerprint density at radius 2 is 1.83 bits per heavy atom. The average molecular weight is 471 g/mol. The lowest BCUT2D eigenvalue weighted by atomic mass is 9.98. The number of methoxy groups -OCH3 is 1. The molecular formula is C20H20Cl2N2O5S. The van der Waals surface area contributed by atoms with Crippen molar-refractivity contribution in [2.24, 2.45) is 5.92 Å². The zero-order chi connectivity index (χ0) is 21.9. The fourth-order valence-corrected chi connectivity index (χ4v) is 5.50. The van der Waals surface area contributed by atoms with Gasteiger partial charge in [-0.2, -0.15) is 4.31 Å². The van der Waals surface area contributed by atoms with Crippen molar-refractivity contribution in [3.8, 4) is 0 Å². The third kappa shape index (κ3) is 4.95. The molecule has 0 spiro atoms. The van der Waals surface area contributed by atoms with E-state index in [1.165, 1.54) is 29.6 Å². The minimum Gasteiger partial charge on any atom is -0.465 e. The van der Waals surface area contributed by atoms with E-state index >= 15 is 0 Å². The number of anilines is 1. The number of hydrogen-bond donors (Lipinski definition) is 1. The van der Waals surface area contributed by atoms with Crippen LogP contribution in [0.25, 0.3) is 0 Å². The molecule has 1 fully saturated rings. The average Bonchev–Trinajstić information content (AvgIpc) is 2.75. The van der Waals surface area contributed by atoms with Crippen molar-refractivity contribution in [1.82, 2.24) is 4.31 Å². The molecule has 3 rings (SSSR count). The minimum atomic E-state index is -3.89. The molecule has 0 radical (unpaired) electrons. The van der Waals surface area contributed by atoms with E-state index in [1.54, 1.807) is 24.3 Å². The van der Waals surface area contributed by atoms with Crippen molar-refractivity contribution in [2.45, 2.75) is 17.7 Å². The van der Waals surface area contributed by atoms with Gasteiger partial charge in [-0.15, -0.1) is 0 Å². The van der Waals surface area contributed by atoms with Crippen LogP contribution in [-0.4, -0.2) is 44.8 Å². The Balaban J connectivity index is 1.71. The topological polar surface area (TPSA) is 92.8 Å². The van der Waals surface area contributed by atoms with Crippen LogP contribution in [0.1, 0.15) is 23.2 Å². The summed E-state index contributed by atoms with van der Waals surface area (Å²) in [7, 11) is -2.60. The maximum Gasteiger partial charge on any atom is 0.337 e. The number of benzene rings is 2. The van der Waals surface area contributed by atoms with Crippen LogP contribution in [-0.2, 0) is 19.6 Å². The molecule has 0 aliphatic carbocycles. The number of nitrogens with zero attached hydrogens (tertiary/aromatic N) is 1. The Bertz CT molecular complexity index is 1060. The molecule has 1 aliphatic heterocycles. The van der Waals surface area contributed by atoms with Crippen molar-refractivity contribution in [1.29, 1.82) is 0 Å². The summed E-state index contributed by atoms with van der Waals surface area (Å²) in [6.07, 6.45) is 1.10. The summed E-state index contributed by atoms with van der Waals surface area (Å²) >= 11 is 12.0. The Hall–Kier alpha value is -2.13. The van der Waals surface area contributed by atoms with Crippen LogP contribution in [0.2, 0.25) is 10.0 Å². The van der Waals surface area contributed by atoms with E-state index in [0.29, 0.717) is 30.6 Å². The molecule has 10 heteroatoms. The molecule has 1 saturated heterocycles. The van der Waals surface area contributed by atoms with Crippen LogP contribution in [0.15, 0.2) is 47.4 Å². The Kier molecular flexibility index (Phi) is 7.02. The normalized spacial score (nSPS) is 17.4. The van der Waals surface area contributed by atoms with Crippen molar-refractivity contribution in [3.63, 3.8) is 0 Å². The van der Waals surface area contributed by atoms with Gasteiger partial charge in [0.15, 0.2) is 0 Å². The largest absolute Gasteiger partial charge is 0.465 e. The molecule has 1 aliphatic rings. The monoisotopic (exact) mass is 470 g/mol. The highest BCUT2D eigenvalue weighted by molar-refractivity contribution is 7.89. The molecule has 1 atom stereocenters. The summed E-state index contributed by atoms with van der Waals surface area (Å²) in [4.78, 5) is 24.1. The molecule has 0 bridgehead atoms. The lowest BCUT2D eigenvalue weighted by molar-refractivity contribution is -0.120. The molecule has 0 saturated carbocycles. The number of piperidine rings is 1. The maximum atomic E-state index is 13.0. The number of ether oxygens (including phenoxy) is 1. The van der Waals surface area contributed by atoms with E-state index < -0.39 is 21.9 Å². The lowest BCUT2D eigenvalue weighted by Crippen LogP contribution is -2.43. The van der Waals surface area contributed by atoms with Gasteiger partial charge in [0.1, 0.15) is 4.90 Å². The number of rotatable bonds is 5. The summed E-state index contributed by atoms with van der Waals surface area (Å²) < 4.78 is 32.0. The predicted octanol–water partition coefficient (Wildman–Crippen LogP) is 3.82. The zero-order valence-corrected chi connectivity index (χ0v) is 18.4. The first-order chi connectivity index (χ1) is 14.2. The Labute approximate surface area is 185 Å². The van der Waals surface area contributed by atoms with Crippen molar-refractivity contribution < 1.29 is 22.7 Å². The highest BCUT2D eigenvalue weighted by Crippen LogP contribution is 2.30. The van der Waals surface area contributed by atoms with Crippen LogP contribution in [0.4, 0.5) is 5.69 Å². The second kappa shape index (κ2) is 9.34. The van der Waals surface area contributed by atoms with Gasteiger partial charge in [-0.05, 0) is 55.3 Å².